The van der Waals surface area contributed by atoms with Crippen LogP contribution in [0.2, 0.25) is 0 Å². The number of nitrogens with zero attached hydrogens (tertiary/aromatic N) is 4. The molecule has 2 fully saturated rings. The lowest BCUT2D eigenvalue weighted by Gasteiger charge is -2.49. The molecule has 4 heterocycles. The third kappa shape index (κ3) is 3.58. The van der Waals surface area contributed by atoms with Crippen molar-refractivity contribution in [3.63, 3.8) is 0 Å². The number of furan rings is 2. The summed E-state index contributed by atoms with van der Waals surface area (Å²) in [7, 11) is 0. The molecule has 1 aliphatic carbocycles. The van der Waals surface area contributed by atoms with Gasteiger partial charge in [-0.3, -0.25) is 9.59 Å². The summed E-state index contributed by atoms with van der Waals surface area (Å²) in [5.74, 6) is 0.174. The van der Waals surface area contributed by atoms with E-state index in [0.717, 1.165) is 36.9 Å². The van der Waals surface area contributed by atoms with Crippen LogP contribution in [0.15, 0.2) is 57.1 Å². The second kappa shape index (κ2) is 8.58. The molecule has 0 bridgehead atoms. The molecule has 0 radical (unpaired) electrons. The highest BCUT2D eigenvalue weighted by Gasteiger charge is 2.45. The van der Waals surface area contributed by atoms with Crippen molar-refractivity contribution in [2.24, 2.45) is 5.92 Å². The average molecular weight is 434 g/mol. The van der Waals surface area contributed by atoms with E-state index in [9.17, 15) is 14.9 Å². The van der Waals surface area contributed by atoms with Crippen molar-refractivity contribution in [3.05, 3.63) is 59.6 Å². The van der Waals surface area contributed by atoms with Gasteiger partial charge in [0.25, 0.3) is 11.8 Å². The van der Waals surface area contributed by atoms with Gasteiger partial charge in [-0.1, -0.05) is 12.8 Å². The summed E-state index contributed by atoms with van der Waals surface area (Å²) >= 11 is 0. The number of carbonyl (C=O) groups is 2. The van der Waals surface area contributed by atoms with Gasteiger partial charge < -0.3 is 23.5 Å². The number of fused-ring (bicyclic) bond motifs is 1. The van der Waals surface area contributed by atoms with Crippen molar-refractivity contribution in [3.8, 4) is 6.07 Å². The van der Waals surface area contributed by atoms with Crippen LogP contribution < -0.4 is 0 Å². The molecular weight excluding hydrogens is 408 g/mol. The van der Waals surface area contributed by atoms with Crippen LogP contribution in [-0.4, -0.2) is 58.7 Å². The highest BCUT2D eigenvalue weighted by molar-refractivity contribution is 5.99. The third-order valence-electron chi connectivity index (χ3n) is 6.90. The van der Waals surface area contributed by atoms with E-state index >= 15 is 0 Å². The Bertz CT molecular complexity index is 1040. The number of carbonyl (C=O) groups excluding carboxylic acids is 2. The number of hydrogen-bond acceptors (Lipinski definition) is 6. The van der Waals surface area contributed by atoms with Gasteiger partial charge in [-0.2, -0.15) is 5.26 Å². The Morgan fingerprint density at radius 2 is 1.94 bits per heavy atom. The summed E-state index contributed by atoms with van der Waals surface area (Å²) in [5.41, 5.74) is 2.08. The number of hydrogen-bond donors (Lipinski definition) is 0. The van der Waals surface area contributed by atoms with Crippen LogP contribution in [0.4, 0.5) is 0 Å². The standard InChI is InChI=1S/C24H26N4O4/c25-14-19-22(26-8-10-27(11-9-26)24(30)21-6-3-12-32-21)18-4-1-2-5-20(18)28(23(19)29)15-17-7-13-31-16-17/h3,6-7,12-13,16,18,20H,1-2,4-5,8-11,15H2. The Kier molecular flexibility index (Phi) is 5.48. The Morgan fingerprint density at radius 3 is 2.62 bits per heavy atom. The molecule has 0 spiro atoms. The lowest BCUT2D eigenvalue weighted by molar-refractivity contribution is -0.133. The molecule has 32 heavy (non-hydrogen) atoms. The van der Waals surface area contributed by atoms with Crippen molar-refractivity contribution in [2.75, 3.05) is 26.2 Å². The second-order valence-corrected chi connectivity index (χ2v) is 8.65. The average Bonchev–Trinajstić information content (AvgIpc) is 3.55. The van der Waals surface area contributed by atoms with Gasteiger partial charge in [0, 0.05) is 55.9 Å². The number of piperazine rings is 1. The zero-order valence-corrected chi connectivity index (χ0v) is 17.9. The fourth-order valence-electron chi connectivity index (χ4n) is 5.37. The monoisotopic (exact) mass is 434 g/mol. The molecule has 5 rings (SSSR count). The molecule has 2 unspecified atom stereocenters. The first-order valence-electron chi connectivity index (χ1n) is 11.2. The minimum absolute atomic E-state index is 0.0843. The largest absolute Gasteiger partial charge is 0.472 e. The van der Waals surface area contributed by atoms with E-state index in [1.54, 1.807) is 29.6 Å². The van der Waals surface area contributed by atoms with Crippen LogP contribution >= 0.6 is 0 Å². The smallest absolute Gasteiger partial charge is 0.289 e. The molecule has 8 nitrogen and oxygen atoms in total. The number of amides is 2. The fourth-order valence-corrected chi connectivity index (χ4v) is 5.37. The summed E-state index contributed by atoms with van der Waals surface area (Å²) in [5, 5.41) is 9.98. The predicted octanol–water partition coefficient (Wildman–Crippen LogP) is 3.01. The molecule has 1 saturated heterocycles. The fraction of sp³-hybridized carbons (Fsp3) is 0.458. The summed E-state index contributed by atoms with van der Waals surface area (Å²) in [6, 6.07) is 7.56. The molecular formula is C24H26N4O4. The molecule has 2 aliphatic heterocycles. The second-order valence-electron chi connectivity index (χ2n) is 8.65. The van der Waals surface area contributed by atoms with Crippen LogP contribution in [0.5, 0.6) is 0 Å². The van der Waals surface area contributed by atoms with E-state index in [-0.39, 0.29) is 29.3 Å². The molecule has 0 aromatic carbocycles. The normalized spacial score (nSPS) is 23.8. The van der Waals surface area contributed by atoms with Crippen LogP contribution in [0, 0.1) is 17.2 Å². The summed E-state index contributed by atoms with van der Waals surface area (Å²) < 4.78 is 10.4. The maximum Gasteiger partial charge on any atom is 0.289 e. The van der Waals surface area contributed by atoms with Crippen molar-refractivity contribution in [2.45, 2.75) is 38.3 Å². The zero-order valence-electron chi connectivity index (χ0n) is 17.9. The Labute approximate surface area is 186 Å². The first-order valence-corrected chi connectivity index (χ1v) is 11.2. The summed E-state index contributed by atoms with van der Waals surface area (Å²) in [4.78, 5) is 31.9. The first kappa shape index (κ1) is 20.4. The topological polar surface area (TPSA) is 93.9 Å². The van der Waals surface area contributed by atoms with Crippen molar-refractivity contribution < 1.29 is 18.4 Å². The maximum absolute atomic E-state index is 13.4. The summed E-state index contributed by atoms with van der Waals surface area (Å²) in [6.07, 6.45) is 8.84. The molecule has 2 atom stereocenters. The van der Waals surface area contributed by atoms with Gasteiger partial charge in [0.1, 0.15) is 11.6 Å². The molecule has 1 saturated carbocycles. The molecule has 3 aliphatic rings. The molecule has 8 heteroatoms. The van der Waals surface area contributed by atoms with Gasteiger partial charge in [0.15, 0.2) is 5.76 Å². The van der Waals surface area contributed by atoms with Crippen LogP contribution in [0.3, 0.4) is 0 Å². The van der Waals surface area contributed by atoms with Gasteiger partial charge in [-0.05, 0) is 31.0 Å². The van der Waals surface area contributed by atoms with Gasteiger partial charge in [-0.15, -0.1) is 0 Å². The van der Waals surface area contributed by atoms with Gasteiger partial charge in [-0.25, -0.2) is 0 Å². The molecule has 2 aromatic heterocycles. The Hall–Kier alpha value is -3.47. The van der Waals surface area contributed by atoms with Gasteiger partial charge in [0.05, 0.1) is 18.8 Å². The van der Waals surface area contributed by atoms with Crippen LogP contribution in [0.25, 0.3) is 0 Å². The van der Waals surface area contributed by atoms with E-state index in [1.165, 1.54) is 6.26 Å². The highest BCUT2D eigenvalue weighted by Crippen LogP contribution is 2.41. The van der Waals surface area contributed by atoms with Crippen molar-refractivity contribution >= 4 is 11.8 Å². The van der Waals surface area contributed by atoms with Crippen LogP contribution in [-0.2, 0) is 11.3 Å². The maximum atomic E-state index is 13.4. The van der Waals surface area contributed by atoms with E-state index in [0.29, 0.717) is 38.5 Å². The molecule has 0 N–H and O–H groups in total. The SMILES string of the molecule is N#CC1=C(N2CCN(C(=O)c3ccco3)CC2)C2CCCCC2N(Cc2ccoc2)C1=O. The first-order chi connectivity index (χ1) is 15.7. The number of rotatable bonds is 4. The Morgan fingerprint density at radius 1 is 1.12 bits per heavy atom. The number of nitriles is 1. The van der Waals surface area contributed by atoms with E-state index < -0.39 is 0 Å². The zero-order chi connectivity index (χ0) is 22.1. The van der Waals surface area contributed by atoms with Gasteiger partial charge >= 0.3 is 0 Å². The Balaban J connectivity index is 1.39. The lowest BCUT2D eigenvalue weighted by atomic mass is 9.76. The highest BCUT2D eigenvalue weighted by atomic mass is 16.3. The predicted molar refractivity (Wildman–Crippen MR) is 114 cm³/mol. The molecule has 166 valence electrons. The third-order valence-corrected chi connectivity index (χ3v) is 6.90. The van der Waals surface area contributed by atoms with Crippen molar-refractivity contribution in [1.82, 2.24) is 14.7 Å². The molecule has 2 aromatic rings. The minimum Gasteiger partial charge on any atom is -0.472 e. The quantitative estimate of drug-likeness (QED) is 0.734. The van der Waals surface area contributed by atoms with Gasteiger partial charge in [0.2, 0.25) is 0 Å². The van der Waals surface area contributed by atoms with E-state index in [4.69, 9.17) is 8.83 Å². The van der Waals surface area contributed by atoms with E-state index in [2.05, 4.69) is 11.0 Å². The van der Waals surface area contributed by atoms with Crippen molar-refractivity contribution in [1.29, 1.82) is 5.26 Å². The van der Waals surface area contributed by atoms with E-state index in [1.807, 2.05) is 11.0 Å². The molecule has 2 amide bonds. The summed E-state index contributed by atoms with van der Waals surface area (Å²) in [6.45, 7) is 2.73. The van der Waals surface area contributed by atoms with Crippen LogP contribution in [0.1, 0.15) is 41.8 Å². The minimum atomic E-state index is -0.194. The lowest BCUT2D eigenvalue weighted by Crippen LogP contribution is -2.56.